The highest BCUT2D eigenvalue weighted by molar-refractivity contribution is 14.1. The first-order chi connectivity index (χ1) is 12.9. The molecule has 3 aromatic rings. The molecular formula is C17H16FIN4O4. The Hall–Kier alpha value is -2.31. The van der Waals surface area contributed by atoms with Crippen LogP contribution in [0.1, 0.15) is 6.04 Å². The van der Waals surface area contributed by atoms with Crippen molar-refractivity contribution in [3.8, 4) is 0 Å². The first-order valence-corrected chi connectivity index (χ1v) is 9.01. The van der Waals surface area contributed by atoms with Crippen LogP contribution in [0, 0.1) is 9.39 Å². The molecule has 0 aliphatic carbocycles. The summed E-state index contributed by atoms with van der Waals surface area (Å²) in [6.07, 6.45) is 0. The number of aromatic nitrogens is 3. The number of anilines is 2. The first-order valence-electron chi connectivity index (χ1n) is 7.93. The minimum atomic E-state index is -0.985. The number of rotatable bonds is 5. The van der Waals surface area contributed by atoms with Gasteiger partial charge in [-0.3, -0.25) is 18.7 Å². The summed E-state index contributed by atoms with van der Waals surface area (Å²) in [4.78, 5) is 29.1. The lowest BCUT2D eigenvalue weighted by atomic mass is 10.2. The second-order valence-corrected chi connectivity index (χ2v) is 7.09. The molecule has 2 aromatic heterocycles. The molecule has 8 nitrogen and oxygen atoms in total. The van der Waals surface area contributed by atoms with Gasteiger partial charge in [-0.2, -0.15) is 4.98 Å². The third-order valence-corrected chi connectivity index (χ3v) is 4.81. The van der Waals surface area contributed by atoms with Crippen molar-refractivity contribution in [1.29, 1.82) is 0 Å². The molecule has 3 N–H and O–H groups in total. The Bertz CT molecular complexity index is 1120. The maximum absolute atomic E-state index is 14.3. The van der Waals surface area contributed by atoms with Gasteiger partial charge in [-0.1, -0.05) is 0 Å². The van der Waals surface area contributed by atoms with Crippen LogP contribution in [0.2, 0.25) is 0 Å². The molecule has 0 aliphatic heterocycles. The lowest BCUT2D eigenvalue weighted by molar-refractivity contribution is 0.153. The molecule has 2 heterocycles. The monoisotopic (exact) mass is 486 g/mol. The van der Waals surface area contributed by atoms with E-state index in [0.717, 1.165) is 4.57 Å². The van der Waals surface area contributed by atoms with Gasteiger partial charge in [0, 0.05) is 16.7 Å². The van der Waals surface area contributed by atoms with Crippen LogP contribution in [0.25, 0.3) is 11.0 Å². The average molecular weight is 486 g/mol. The van der Waals surface area contributed by atoms with Crippen LogP contribution in [0.5, 0.6) is 0 Å². The zero-order chi connectivity index (χ0) is 19.7. The van der Waals surface area contributed by atoms with E-state index >= 15 is 0 Å². The third kappa shape index (κ3) is 3.59. The number of pyridine rings is 1. The lowest BCUT2D eigenvalue weighted by Crippen LogP contribution is -2.33. The molecular weight excluding hydrogens is 470 g/mol. The van der Waals surface area contributed by atoms with Crippen LogP contribution in [-0.4, -0.2) is 37.5 Å². The van der Waals surface area contributed by atoms with Gasteiger partial charge >= 0.3 is 0 Å². The number of halogens is 2. The molecule has 0 aliphatic rings. The van der Waals surface area contributed by atoms with E-state index in [9.17, 15) is 24.2 Å². The number of nitrogens with zero attached hydrogens (tertiary/aromatic N) is 3. The molecule has 0 fully saturated rings. The van der Waals surface area contributed by atoms with Crippen molar-refractivity contribution in [1.82, 2.24) is 14.1 Å². The zero-order valence-corrected chi connectivity index (χ0v) is 16.3. The Morgan fingerprint density at radius 2 is 1.93 bits per heavy atom. The molecule has 0 amide bonds. The number of hydrogen-bond acceptors (Lipinski definition) is 6. The van der Waals surface area contributed by atoms with Crippen molar-refractivity contribution in [3.05, 3.63) is 60.4 Å². The second kappa shape index (κ2) is 7.74. The van der Waals surface area contributed by atoms with Crippen molar-refractivity contribution >= 4 is 45.3 Å². The van der Waals surface area contributed by atoms with Gasteiger partial charge in [-0.15, -0.1) is 0 Å². The fourth-order valence-electron chi connectivity index (χ4n) is 2.67. The Balaban J connectivity index is 2.30. The summed E-state index contributed by atoms with van der Waals surface area (Å²) in [5.74, 6) is -0.656. The van der Waals surface area contributed by atoms with Gasteiger partial charge in [0.2, 0.25) is 5.95 Å². The Kier molecular flexibility index (Phi) is 5.58. The maximum atomic E-state index is 14.3. The number of aryl methyl sites for hydroxylation is 1. The number of nitrogens with one attached hydrogen (secondary N) is 1. The van der Waals surface area contributed by atoms with E-state index in [1.54, 1.807) is 6.07 Å². The molecule has 0 radical (unpaired) electrons. The summed E-state index contributed by atoms with van der Waals surface area (Å²) in [7, 11) is 1.46. The van der Waals surface area contributed by atoms with Gasteiger partial charge in [0.05, 0.1) is 30.3 Å². The van der Waals surface area contributed by atoms with Crippen LogP contribution >= 0.6 is 22.6 Å². The molecule has 0 saturated heterocycles. The normalized spacial score (nSPS) is 11.3. The molecule has 10 heteroatoms. The highest BCUT2D eigenvalue weighted by Crippen LogP contribution is 2.23. The van der Waals surface area contributed by atoms with E-state index in [-0.39, 0.29) is 28.2 Å². The van der Waals surface area contributed by atoms with Crippen molar-refractivity contribution in [2.75, 3.05) is 18.5 Å². The second-order valence-electron chi connectivity index (χ2n) is 5.85. The molecule has 27 heavy (non-hydrogen) atoms. The summed E-state index contributed by atoms with van der Waals surface area (Å²) in [5.41, 5.74) is -0.769. The predicted octanol–water partition coefficient (Wildman–Crippen LogP) is 1.11. The van der Waals surface area contributed by atoms with Crippen LogP contribution in [0.3, 0.4) is 0 Å². The Morgan fingerprint density at radius 1 is 1.22 bits per heavy atom. The van der Waals surface area contributed by atoms with Crippen LogP contribution in [0.4, 0.5) is 16.0 Å². The third-order valence-electron chi connectivity index (χ3n) is 4.14. The largest absolute Gasteiger partial charge is 0.394 e. The standard InChI is InChI=1S/C17H16FIN4O4/c1-22-14(26)5-3-11-15(22)21-17(23(16(11)27)10(7-24)8-25)20-13-4-2-9(19)6-12(13)18/h2-6,10,24-25H,7-8H2,1H3,(H,20,21). The van der Waals surface area contributed by atoms with Crippen LogP contribution < -0.4 is 16.4 Å². The number of aliphatic hydroxyl groups excluding tert-OH is 2. The Morgan fingerprint density at radius 3 is 2.56 bits per heavy atom. The minimum absolute atomic E-state index is 0.0611. The quantitative estimate of drug-likeness (QED) is 0.467. The average Bonchev–Trinajstić information content (AvgIpc) is 2.64. The van der Waals surface area contributed by atoms with Gasteiger partial charge in [-0.05, 0) is 46.9 Å². The smallest absolute Gasteiger partial charge is 0.264 e. The highest BCUT2D eigenvalue weighted by atomic mass is 127. The van der Waals surface area contributed by atoms with E-state index in [4.69, 9.17) is 0 Å². The van der Waals surface area contributed by atoms with Gasteiger partial charge in [-0.25, -0.2) is 4.39 Å². The molecule has 0 saturated carbocycles. The number of aliphatic hydroxyl groups is 2. The first kappa shape index (κ1) is 19.5. The summed E-state index contributed by atoms with van der Waals surface area (Å²) < 4.78 is 17.2. The molecule has 0 atom stereocenters. The summed E-state index contributed by atoms with van der Waals surface area (Å²) in [6, 6.07) is 6.04. The molecule has 142 valence electrons. The van der Waals surface area contributed by atoms with Crippen molar-refractivity contribution < 1.29 is 14.6 Å². The fourth-order valence-corrected chi connectivity index (χ4v) is 3.12. The summed E-state index contributed by atoms with van der Waals surface area (Å²) in [6.45, 7) is -1.06. The van der Waals surface area contributed by atoms with Gasteiger partial charge in [0.25, 0.3) is 11.1 Å². The molecule has 3 rings (SSSR count). The topological polar surface area (TPSA) is 109 Å². The molecule has 0 spiro atoms. The van der Waals surface area contributed by atoms with Crippen molar-refractivity contribution in [2.24, 2.45) is 7.05 Å². The van der Waals surface area contributed by atoms with E-state index in [1.165, 1.54) is 35.9 Å². The van der Waals surface area contributed by atoms with Crippen LogP contribution in [0.15, 0.2) is 39.9 Å². The van der Waals surface area contributed by atoms with Gasteiger partial charge < -0.3 is 15.5 Å². The van der Waals surface area contributed by atoms with Gasteiger partial charge in [0.15, 0.2) is 5.65 Å². The summed E-state index contributed by atoms with van der Waals surface area (Å²) >= 11 is 1.96. The zero-order valence-electron chi connectivity index (χ0n) is 14.2. The van der Waals surface area contributed by atoms with E-state index < -0.39 is 30.6 Å². The van der Waals surface area contributed by atoms with Gasteiger partial charge in [0.1, 0.15) is 5.82 Å². The summed E-state index contributed by atoms with van der Waals surface area (Å²) in [5, 5.41) is 22.0. The van der Waals surface area contributed by atoms with E-state index in [1.807, 2.05) is 22.6 Å². The lowest BCUT2D eigenvalue weighted by Gasteiger charge is -2.21. The number of fused-ring (bicyclic) bond motifs is 1. The fraction of sp³-hybridized carbons (Fsp3) is 0.235. The number of benzene rings is 1. The molecule has 0 bridgehead atoms. The van der Waals surface area contributed by atoms with Crippen LogP contribution in [-0.2, 0) is 7.05 Å². The number of hydrogen-bond donors (Lipinski definition) is 3. The molecule has 0 unspecified atom stereocenters. The van der Waals surface area contributed by atoms with Crippen molar-refractivity contribution in [3.63, 3.8) is 0 Å². The Labute approximate surface area is 166 Å². The SMILES string of the molecule is Cn1c(=O)ccc2c(=O)n(C(CO)CO)c(Nc3ccc(I)cc3F)nc21. The maximum Gasteiger partial charge on any atom is 0.264 e. The molecule has 1 aromatic carbocycles. The van der Waals surface area contributed by atoms with Crippen molar-refractivity contribution in [2.45, 2.75) is 6.04 Å². The highest BCUT2D eigenvalue weighted by Gasteiger charge is 2.20. The van der Waals surface area contributed by atoms with E-state index in [0.29, 0.717) is 3.57 Å². The van der Waals surface area contributed by atoms with E-state index in [2.05, 4.69) is 10.3 Å². The minimum Gasteiger partial charge on any atom is -0.394 e. The predicted molar refractivity (Wildman–Crippen MR) is 107 cm³/mol.